The Labute approximate surface area is 131 Å². The number of hydrogen-bond donors (Lipinski definition) is 0. The summed E-state index contributed by atoms with van der Waals surface area (Å²) in [6.45, 7) is 10.7. The van der Waals surface area contributed by atoms with Crippen LogP contribution in [0.2, 0.25) is 0 Å². The predicted octanol–water partition coefficient (Wildman–Crippen LogP) is 1.33. The maximum Gasteiger partial charge on any atom is 0.498 e. The van der Waals surface area contributed by atoms with Gasteiger partial charge in [-0.25, -0.2) is 0 Å². The second kappa shape index (κ2) is 5.17. The van der Waals surface area contributed by atoms with Gasteiger partial charge in [0.25, 0.3) is 0 Å². The quantitative estimate of drug-likeness (QED) is 0.800. The van der Waals surface area contributed by atoms with Gasteiger partial charge in [0.05, 0.1) is 35.3 Å². The summed E-state index contributed by atoms with van der Waals surface area (Å²) < 4.78 is 13.9. The van der Waals surface area contributed by atoms with E-state index in [0.29, 0.717) is 6.54 Å². The molecule has 0 amide bonds. The summed E-state index contributed by atoms with van der Waals surface area (Å²) in [5.41, 5.74) is 2.00. The molecule has 22 heavy (non-hydrogen) atoms. The second-order valence-corrected chi connectivity index (χ2v) is 6.71. The first-order valence-electron chi connectivity index (χ1n) is 7.42. The van der Waals surface area contributed by atoms with Crippen LogP contribution in [0.1, 0.15) is 39.1 Å². The van der Waals surface area contributed by atoms with Crippen molar-refractivity contribution in [3.63, 3.8) is 0 Å². The van der Waals surface area contributed by atoms with E-state index < -0.39 is 0 Å². The monoisotopic (exact) mass is 300 g/mol. The average molecular weight is 300 g/mol. The summed E-state index contributed by atoms with van der Waals surface area (Å²) in [6, 6.07) is 0. The molecule has 7 heteroatoms. The van der Waals surface area contributed by atoms with Crippen LogP contribution in [0.4, 0.5) is 0 Å². The highest BCUT2D eigenvalue weighted by molar-refractivity contribution is 6.61. The Morgan fingerprint density at radius 1 is 1.09 bits per heavy atom. The highest BCUT2D eigenvalue weighted by Crippen LogP contribution is 2.36. The topological polar surface area (TPSA) is 62.1 Å². The standard InChI is InChI=1S/C15H21BN4O2/c1-11-6-17-8-13(19-11)10-20-9-12(7-18-20)16-21-14(2,3)15(4,5)22-16/h6-9H,10H2,1-5H3. The van der Waals surface area contributed by atoms with Gasteiger partial charge in [-0.1, -0.05) is 0 Å². The fraction of sp³-hybridized carbons (Fsp3) is 0.533. The Balaban J connectivity index is 1.75. The van der Waals surface area contributed by atoms with Crippen LogP contribution in [0.3, 0.4) is 0 Å². The van der Waals surface area contributed by atoms with E-state index in [2.05, 4.69) is 15.1 Å². The number of hydrogen-bond acceptors (Lipinski definition) is 5. The van der Waals surface area contributed by atoms with Crippen LogP contribution >= 0.6 is 0 Å². The molecule has 1 aliphatic heterocycles. The van der Waals surface area contributed by atoms with Gasteiger partial charge in [-0.15, -0.1) is 0 Å². The molecule has 1 saturated heterocycles. The average Bonchev–Trinajstić information content (AvgIpc) is 2.93. The highest BCUT2D eigenvalue weighted by atomic mass is 16.7. The number of rotatable bonds is 3. The number of aromatic nitrogens is 4. The molecule has 0 spiro atoms. The van der Waals surface area contributed by atoms with Crippen LogP contribution in [0, 0.1) is 6.92 Å². The Bertz CT molecular complexity index is 668. The fourth-order valence-corrected chi connectivity index (χ4v) is 2.32. The van der Waals surface area contributed by atoms with E-state index in [4.69, 9.17) is 9.31 Å². The van der Waals surface area contributed by atoms with Crippen LogP contribution < -0.4 is 5.46 Å². The van der Waals surface area contributed by atoms with Crippen LogP contribution in [0.25, 0.3) is 0 Å². The minimum atomic E-state index is -0.387. The first kappa shape index (κ1) is 15.2. The molecule has 0 atom stereocenters. The third-order valence-electron chi connectivity index (χ3n) is 4.31. The third-order valence-corrected chi connectivity index (χ3v) is 4.31. The van der Waals surface area contributed by atoms with Crippen molar-refractivity contribution in [2.75, 3.05) is 0 Å². The zero-order valence-corrected chi connectivity index (χ0v) is 13.7. The maximum atomic E-state index is 6.03. The van der Waals surface area contributed by atoms with Gasteiger partial charge in [0.15, 0.2) is 0 Å². The molecule has 0 saturated carbocycles. The Morgan fingerprint density at radius 2 is 1.77 bits per heavy atom. The number of nitrogens with zero attached hydrogens (tertiary/aromatic N) is 4. The van der Waals surface area contributed by atoms with Gasteiger partial charge < -0.3 is 9.31 Å². The van der Waals surface area contributed by atoms with E-state index in [1.165, 1.54) is 0 Å². The van der Waals surface area contributed by atoms with Crippen molar-refractivity contribution in [1.82, 2.24) is 19.7 Å². The third kappa shape index (κ3) is 2.78. The summed E-state index contributed by atoms with van der Waals surface area (Å²) in [5.74, 6) is 0. The molecule has 3 rings (SSSR count). The first-order valence-corrected chi connectivity index (χ1v) is 7.42. The predicted molar refractivity (Wildman–Crippen MR) is 83.8 cm³/mol. The van der Waals surface area contributed by atoms with Gasteiger partial charge in [0, 0.05) is 24.1 Å². The molecular formula is C15H21BN4O2. The molecule has 0 aliphatic carbocycles. The molecule has 0 aromatic carbocycles. The van der Waals surface area contributed by atoms with Crippen molar-refractivity contribution >= 4 is 12.6 Å². The summed E-state index contributed by atoms with van der Waals surface area (Å²) in [6.07, 6.45) is 7.21. The van der Waals surface area contributed by atoms with Crippen LogP contribution in [-0.4, -0.2) is 38.1 Å². The highest BCUT2D eigenvalue weighted by Gasteiger charge is 2.52. The smallest absolute Gasteiger partial charge is 0.399 e. The Morgan fingerprint density at radius 3 is 2.41 bits per heavy atom. The van der Waals surface area contributed by atoms with E-state index in [0.717, 1.165) is 16.9 Å². The van der Waals surface area contributed by atoms with E-state index in [9.17, 15) is 0 Å². The van der Waals surface area contributed by atoms with Gasteiger partial charge in [0.2, 0.25) is 0 Å². The van der Waals surface area contributed by atoms with Crippen molar-refractivity contribution in [1.29, 1.82) is 0 Å². The molecule has 6 nitrogen and oxygen atoms in total. The zero-order chi connectivity index (χ0) is 16.0. The molecular weight excluding hydrogens is 279 g/mol. The zero-order valence-electron chi connectivity index (χ0n) is 13.7. The van der Waals surface area contributed by atoms with Gasteiger partial charge in [-0.2, -0.15) is 5.10 Å². The molecule has 1 fully saturated rings. The summed E-state index contributed by atoms with van der Waals surface area (Å²) >= 11 is 0. The fourth-order valence-electron chi connectivity index (χ4n) is 2.32. The molecule has 0 unspecified atom stereocenters. The van der Waals surface area contributed by atoms with Crippen molar-refractivity contribution in [3.8, 4) is 0 Å². The molecule has 2 aromatic heterocycles. The lowest BCUT2D eigenvalue weighted by molar-refractivity contribution is 0.00578. The molecule has 2 aromatic rings. The normalized spacial score (nSPS) is 19.6. The number of aryl methyl sites for hydroxylation is 1. The van der Waals surface area contributed by atoms with Crippen LogP contribution in [-0.2, 0) is 15.9 Å². The van der Waals surface area contributed by atoms with Gasteiger partial charge in [-0.05, 0) is 34.6 Å². The lowest BCUT2D eigenvalue weighted by Crippen LogP contribution is -2.41. The van der Waals surface area contributed by atoms with Gasteiger partial charge in [-0.3, -0.25) is 14.6 Å². The Kier molecular flexibility index (Phi) is 3.57. The van der Waals surface area contributed by atoms with E-state index in [-0.39, 0.29) is 18.3 Å². The van der Waals surface area contributed by atoms with E-state index in [1.807, 2.05) is 45.5 Å². The van der Waals surface area contributed by atoms with Crippen LogP contribution in [0.5, 0.6) is 0 Å². The minimum Gasteiger partial charge on any atom is -0.399 e. The molecule has 3 heterocycles. The van der Waals surface area contributed by atoms with Crippen molar-refractivity contribution in [2.24, 2.45) is 0 Å². The van der Waals surface area contributed by atoms with E-state index in [1.54, 1.807) is 18.6 Å². The van der Waals surface area contributed by atoms with Crippen molar-refractivity contribution in [3.05, 3.63) is 36.2 Å². The molecule has 116 valence electrons. The maximum absolute atomic E-state index is 6.03. The molecule has 0 N–H and O–H groups in total. The van der Waals surface area contributed by atoms with Crippen molar-refractivity contribution in [2.45, 2.75) is 52.4 Å². The first-order chi connectivity index (χ1) is 10.3. The summed E-state index contributed by atoms with van der Waals surface area (Å²) in [5, 5.41) is 4.37. The molecule has 0 radical (unpaired) electrons. The van der Waals surface area contributed by atoms with E-state index >= 15 is 0 Å². The second-order valence-electron chi connectivity index (χ2n) is 6.71. The summed E-state index contributed by atoms with van der Waals surface area (Å²) in [7, 11) is -0.387. The summed E-state index contributed by atoms with van der Waals surface area (Å²) in [4.78, 5) is 8.59. The van der Waals surface area contributed by atoms with Crippen molar-refractivity contribution < 1.29 is 9.31 Å². The van der Waals surface area contributed by atoms with Gasteiger partial charge >= 0.3 is 7.12 Å². The molecule has 1 aliphatic rings. The minimum absolute atomic E-state index is 0.345. The lowest BCUT2D eigenvalue weighted by Gasteiger charge is -2.32. The SMILES string of the molecule is Cc1cncc(Cn2cc(B3OC(C)(C)C(C)(C)O3)cn2)n1. The van der Waals surface area contributed by atoms with Gasteiger partial charge in [0.1, 0.15) is 0 Å². The Hall–Kier alpha value is -1.73. The van der Waals surface area contributed by atoms with Crippen LogP contribution in [0.15, 0.2) is 24.8 Å². The molecule has 0 bridgehead atoms. The largest absolute Gasteiger partial charge is 0.498 e. The lowest BCUT2D eigenvalue weighted by atomic mass is 9.82.